The Hall–Kier alpha value is -1.74. The Morgan fingerprint density at radius 3 is 2.34 bits per heavy atom. The van der Waals surface area contributed by atoms with Crippen molar-refractivity contribution in [1.29, 1.82) is 0 Å². The number of alkyl halides is 1. The van der Waals surface area contributed by atoms with Gasteiger partial charge in [0, 0.05) is 10.9 Å². The fourth-order valence-corrected chi connectivity index (χ4v) is 3.31. The highest BCUT2D eigenvalue weighted by atomic mass is 79.9. The van der Waals surface area contributed by atoms with Crippen LogP contribution in [0.1, 0.15) is 63.5 Å². The Bertz CT molecular complexity index is 701. The zero-order chi connectivity index (χ0) is 21.5. The maximum absolute atomic E-state index is 6.08. The molecular formula is C26H37BrO2. The second-order valence-electron chi connectivity index (χ2n) is 7.31. The lowest BCUT2D eigenvalue weighted by Gasteiger charge is -2.16. The van der Waals surface area contributed by atoms with Crippen molar-refractivity contribution in [2.75, 3.05) is 18.5 Å². The summed E-state index contributed by atoms with van der Waals surface area (Å²) in [6.07, 6.45) is 15.3. The van der Waals surface area contributed by atoms with Crippen molar-refractivity contribution in [3.63, 3.8) is 0 Å². The normalized spacial score (nSPS) is 11.7. The second kappa shape index (κ2) is 15.1. The molecule has 0 aromatic heterocycles. The fourth-order valence-electron chi connectivity index (χ4n) is 2.91. The number of unbranched alkanes of at least 4 members (excludes halogenated alkanes) is 5. The van der Waals surface area contributed by atoms with Gasteiger partial charge in [-0.3, -0.25) is 0 Å². The largest absolute Gasteiger partial charge is 0.493 e. The molecule has 0 saturated carbocycles. The maximum atomic E-state index is 6.08. The van der Waals surface area contributed by atoms with Gasteiger partial charge in [-0.1, -0.05) is 79.1 Å². The first-order valence-electron chi connectivity index (χ1n) is 10.6. The van der Waals surface area contributed by atoms with E-state index >= 15 is 0 Å². The van der Waals surface area contributed by atoms with E-state index in [1.807, 2.05) is 38.2 Å². The molecule has 0 fully saturated rings. The Morgan fingerprint density at radius 2 is 1.72 bits per heavy atom. The van der Waals surface area contributed by atoms with Crippen LogP contribution in [-0.4, -0.2) is 18.5 Å². The van der Waals surface area contributed by atoms with Crippen molar-refractivity contribution in [1.82, 2.24) is 0 Å². The fraction of sp³-hybridized carbons (Fsp3) is 0.462. The summed E-state index contributed by atoms with van der Waals surface area (Å²) in [5, 5.41) is 1.11. The molecule has 0 saturated heterocycles. The van der Waals surface area contributed by atoms with E-state index in [1.165, 1.54) is 32.1 Å². The molecule has 0 aliphatic rings. The molecule has 0 unspecified atom stereocenters. The van der Waals surface area contributed by atoms with Crippen molar-refractivity contribution in [2.45, 2.75) is 59.3 Å². The van der Waals surface area contributed by atoms with E-state index in [9.17, 15) is 0 Å². The smallest absolute Gasteiger partial charge is 0.127 e. The number of allylic oxidation sites excluding steroid dienone is 4. The lowest BCUT2D eigenvalue weighted by atomic mass is 10.0. The third kappa shape index (κ3) is 10.0. The van der Waals surface area contributed by atoms with Crippen LogP contribution in [0.5, 0.6) is 11.5 Å². The van der Waals surface area contributed by atoms with E-state index in [-0.39, 0.29) is 0 Å². The van der Waals surface area contributed by atoms with Gasteiger partial charge in [0.1, 0.15) is 18.1 Å². The summed E-state index contributed by atoms with van der Waals surface area (Å²) in [5.41, 5.74) is 4.08. The van der Waals surface area contributed by atoms with Crippen molar-refractivity contribution < 1.29 is 9.47 Å². The molecule has 0 heterocycles. The molecule has 2 nitrogen and oxygen atoms in total. The van der Waals surface area contributed by atoms with Gasteiger partial charge in [-0.05, 0) is 62.5 Å². The monoisotopic (exact) mass is 460 g/mol. The zero-order valence-electron chi connectivity index (χ0n) is 18.4. The molecule has 3 heteroatoms. The molecule has 0 aliphatic heterocycles. The number of rotatable bonds is 15. The minimum Gasteiger partial charge on any atom is -0.493 e. The summed E-state index contributed by atoms with van der Waals surface area (Å²) in [7, 11) is 0. The predicted octanol–water partition coefficient (Wildman–Crippen LogP) is 8.21. The Morgan fingerprint density at radius 1 is 1.03 bits per heavy atom. The summed E-state index contributed by atoms with van der Waals surface area (Å²) in [6, 6.07) is 4.11. The van der Waals surface area contributed by atoms with Gasteiger partial charge in [0.25, 0.3) is 0 Å². The molecule has 1 aromatic rings. The number of aryl methyl sites for hydroxylation is 1. The van der Waals surface area contributed by atoms with Crippen molar-refractivity contribution in [2.24, 2.45) is 0 Å². The van der Waals surface area contributed by atoms with Gasteiger partial charge in [-0.15, -0.1) is 0 Å². The maximum Gasteiger partial charge on any atom is 0.127 e. The highest BCUT2D eigenvalue weighted by molar-refractivity contribution is 9.09. The Kier molecular flexibility index (Phi) is 13.2. The number of ether oxygens (including phenoxy) is 2. The number of halogens is 1. The first kappa shape index (κ1) is 25.3. The first-order chi connectivity index (χ1) is 14.0. The van der Waals surface area contributed by atoms with E-state index < -0.39 is 0 Å². The van der Waals surface area contributed by atoms with Crippen LogP contribution in [0.25, 0.3) is 5.57 Å². The summed E-state index contributed by atoms with van der Waals surface area (Å²) in [6.45, 7) is 15.3. The van der Waals surface area contributed by atoms with Gasteiger partial charge in [0.05, 0.1) is 6.61 Å². The van der Waals surface area contributed by atoms with E-state index in [2.05, 4.69) is 48.1 Å². The zero-order valence-corrected chi connectivity index (χ0v) is 20.0. The van der Waals surface area contributed by atoms with Crippen molar-refractivity contribution in [3.05, 3.63) is 66.3 Å². The standard InChI is InChI=1S/C26H37BrO2/c1-6-8-15-23(7-2)20-29-26-18-22(5)25(19-24(26)21(3)4)28-17-14-12-10-9-11-13-16-27/h6-8,15,18-19H,2-3,9-14,16-17,20H2,1,4-5H3/b8-6-,23-15+. The van der Waals surface area contributed by atoms with Crippen LogP contribution in [0.15, 0.2) is 55.2 Å². The minimum absolute atomic E-state index is 0.475. The first-order valence-corrected chi connectivity index (χ1v) is 11.7. The molecule has 0 radical (unpaired) electrons. The highest BCUT2D eigenvalue weighted by Crippen LogP contribution is 2.33. The van der Waals surface area contributed by atoms with Gasteiger partial charge in [-0.25, -0.2) is 0 Å². The Balaban J connectivity index is 2.67. The van der Waals surface area contributed by atoms with Gasteiger partial charge < -0.3 is 9.47 Å². The van der Waals surface area contributed by atoms with E-state index in [4.69, 9.17) is 9.47 Å². The molecule has 0 bridgehead atoms. The summed E-state index contributed by atoms with van der Waals surface area (Å²) >= 11 is 3.48. The van der Waals surface area contributed by atoms with E-state index in [0.717, 1.165) is 52.1 Å². The van der Waals surface area contributed by atoms with Gasteiger partial charge in [0.15, 0.2) is 0 Å². The molecule has 29 heavy (non-hydrogen) atoms. The Labute approximate surface area is 186 Å². The molecule has 0 N–H and O–H groups in total. The van der Waals surface area contributed by atoms with Gasteiger partial charge >= 0.3 is 0 Å². The van der Waals surface area contributed by atoms with Crippen LogP contribution in [0.3, 0.4) is 0 Å². The average molecular weight is 461 g/mol. The van der Waals surface area contributed by atoms with E-state index in [1.54, 1.807) is 0 Å². The predicted molar refractivity (Wildman–Crippen MR) is 131 cm³/mol. The van der Waals surface area contributed by atoms with Crippen molar-refractivity contribution in [3.8, 4) is 11.5 Å². The topological polar surface area (TPSA) is 18.5 Å². The van der Waals surface area contributed by atoms with Crippen LogP contribution < -0.4 is 9.47 Å². The molecule has 0 atom stereocenters. The number of hydrogen-bond donors (Lipinski definition) is 0. The molecule has 1 rings (SSSR count). The third-order valence-corrected chi connectivity index (χ3v) is 5.24. The number of hydrogen-bond acceptors (Lipinski definition) is 2. The van der Waals surface area contributed by atoms with Crippen LogP contribution >= 0.6 is 15.9 Å². The summed E-state index contributed by atoms with van der Waals surface area (Å²) in [4.78, 5) is 0. The van der Waals surface area contributed by atoms with Crippen LogP contribution in [0.2, 0.25) is 0 Å². The highest BCUT2D eigenvalue weighted by Gasteiger charge is 2.11. The van der Waals surface area contributed by atoms with Gasteiger partial charge in [0.2, 0.25) is 0 Å². The third-order valence-electron chi connectivity index (χ3n) is 4.68. The molecule has 1 aromatic carbocycles. The van der Waals surface area contributed by atoms with Crippen LogP contribution in [-0.2, 0) is 0 Å². The quantitative estimate of drug-likeness (QED) is 0.149. The lowest BCUT2D eigenvalue weighted by Crippen LogP contribution is -2.04. The van der Waals surface area contributed by atoms with E-state index in [0.29, 0.717) is 6.61 Å². The molecule has 160 valence electrons. The van der Waals surface area contributed by atoms with Crippen molar-refractivity contribution >= 4 is 21.5 Å². The minimum atomic E-state index is 0.475. The van der Waals surface area contributed by atoms with Crippen LogP contribution in [0.4, 0.5) is 0 Å². The molecule has 0 aliphatic carbocycles. The molecule has 0 spiro atoms. The number of benzene rings is 1. The average Bonchev–Trinajstić information content (AvgIpc) is 2.71. The van der Waals surface area contributed by atoms with Gasteiger partial charge in [-0.2, -0.15) is 0 Å². The summed E-state index contributed by atoms with van der Waals surface area (Å²) < 4.78 is 12.2. The lowest BCUT2D eigenvalue weighted by molar-refractivity contribution is 0.301. The molecular weight excluding hydrogens is 424 g/mol. The van der Waals surface area contributed by atoms with Crippen LogP contribution in [0, 0.1) is 6.92 Å². The molecule has 0 amide bonds. The summed E-state index contributed by atoms with van der Waals surface area (Å²) in [5.74, 6) is 1.76. The second-order valence-corrected chi connectivity index (χ2v) is 8.11. The SMILES string of the molecule is C=C/C(=C\C=C/C)COc1cc(C)c(OCCCCCCCCBr)cc1C(=C)C.